The van der Waals surface area contributed by atoms with Crippen LogP contribution in [0, 0.1) is 53.3 Å². The minimum absolute atomic E-state index is 0.0289. The summed E-state index contributed by atoms with van der Waals surface area (Å²) < 4.78 is 68.3. The van der Waals surface area contributed by atoms with Gasteiger partial charge in [0.25, 0.3) is 0 Å². The van der Waals surface area contributed by atoms with Gasteiger partial charge in [-0.2, -0.15) is 0 Å². The van der Waals surface area contributed by atoms with E-state index in [-0.39, 0.29) is 102 Å². The van der Waals surface area contributed by atoms with Crippen LogP contribution in [0.2, 0.25) is 0 Å². The second kappa shape index (κ2) is 55.3. The van der Waals surface area contributed by atoms with E-state index in [1.54, 1.807) is 140 Å². The summed E-state index contributed by atoms with van der Waals surface area (Å²) in [5.41, 5.74) is 2.18. The van der Waals surface area contributed by atoms with Gasteiger partial charge in [0.15, 0.2) is 0 Å². The average molecular weight is 2010 g/mol. The number of thioether (sulfide) groups is 4. The second-order valence-corrected chi connectivity index (χ2v) is 41.1. The van der Waals surface area contributed by atoms with Gasteiger partial charge >= 0.3 is 53.7 Å². The molecule has 4 unspecified atom stereocenters. The van der Waals surface area contributed by atoms with E-state index in [2.05, 4.69) is 27.7 Å². The van der Waals surface area contributed by atoms with Crippen LogP contribution in [-0.2, 0) is 76.0 Å². The fraction of sp³-hybridized carbons (Fsp3) is 0.432. The molecule has 24 atom stereocenters. The number of rotatable bonds is 32. The Morgan fingerprint density at radius 1 is 0.319 bits per heavy atom. The van der Waals surface area contributed by atoms with Crippen LogP contribution in [0.15, 0.2) is 293 Å². The van der Waals surface area contributed by atoms with E-state index >= 15 is 0 Å². The number of carbonyl (C=O) groups excluding carboxylic acids is 9. The van der Waals surface area contributed by atoms with Crippen LogP contribution in [-0.4, -0.2) is 201 Å². The monoisotopic (exact) mass is 2010 g/mol. The Bertz CT molecular complexity index is 4950. The summed E-state index contributed by atoms with van der Waals surface area (Å²) in [7, 11) is 5.36. The number of ether oxygens (including phenoxy) is 12. The molecular formula is C111H134O26S4. The Hall–Kier alpha value is -10.6. The van der Waals surface area contributed by atoms with Gasteiger partial charge in [-0.25, -0.2) is 43.2 Å². The largest absolute Gasteiger partial charge is 0.466 e. The van der Waals surface area contributed by atoms with Crippen molar-refractivity contribution in [3.8, 4) is 0 Å². The first-order valence-corrected chi connectivity index (χ1v) is 50.8. The molecule has 758 valence electrons. The third-order valence-electron chi connectivity index (χ3n) is 26.1. The first-order valence-electron chi connectivity index (χ1n) is 47.5. The highest BCUT2D eigenvalue weighted by Crippen LogP contribution is 2.54. The zero-order chi connectivity index (χ0) is 103. The average Bonchev–Trinajstić information content (AvgIpc) is 0.774. The fourth-order valence-corrected chi connectivity index (χ4v) is 22.7. The van der Waals surface area contributed by atoms with Crippen LogP contribution in [0.1, 0.15) is 180 Å². The Labute approximate surface area is 844 Å². The molecule has 30 heteroatoms. The van der Waals surface area contributed by atoms with Crippen molar-refractivity contribution in [1.29, 1.82) is 0 Å². The van der Waals surface area contributed by atoms with Crippen molar-refractivity contribution >= 4 is 101 Å². The normalized spacial score (nSPS) is 25.6. The lowest BCUT2D eigenvalue weighted by molar-refractivity contribution is -0.214. The van der Waals surface area contributed by atoms with Crippen molar-refractivity contribution < 1.29 is 126 Å². The molecule has 9 aromatic carbocycles. The topological polar surface area (TPSA) is 366 Å². The van der Waals surface area contributed by atoms with Crippen molar-refractivity contribution in [2.45, 2.75) is 234 Å². The summed E-state index contributed by atoms with van der Waals surface area (Å²) in [6, 6.07) is 81.5. The van der Waals surface area contributed by atoms with Crippen LogP contribution in [0.3, 0.4) is 0 Å². The number of aliphatic hydroxyl groups excluding tert-OH is 5. The van der Waals surface area contributed by atoms with Crippen molar-refractivity contribution in [2.75, 3.05) is 35.0 Å². The van der Waals surface area contributed by atoms with Crippen LogP contribution in [0.25, 0.3) is 0 Å². The van der Waals surface area contributed by atoms with Gasteiger partial charge in [-0.05, 0) is 164 Å². The molecule has 26 nitrogen and oxygen atoms in total. The summed E-state index contributed by atoms with van der Waals surface area (Å²) in [6.45, 7) is 23.5. The minimum Gasteiger partial charge on any atom is -0.466 e. The summed E-state index contributed by atoms with van der Waals surface area (Å²) >= 11 is 5.16. The van der Waals surface area contributed by atoms with E-state index in [9.17, 15) is 63.6 Å². The third kappa shape index (κ3) is 30.8. The van der Waals surface area contributed by atoms with E-state index < -0.39 is 105 Å². The van der Waals surface area contributed by atoms with Crippen molar-refractivity contribution in [3.63, 3.8) is 0 Å². The first-order chi connectivity index (χ1) is 67.5. The standard InChI is InChI=1S/2C27H34O5S.C26H32O6S.C17H24O7S.C14H10O3/c2*1-6-23(31-25(28)21-13-9-7-10-14-21)20(4)24-19(3)18(2)17-27(32-24,26(29)30-5)33-22-15-11-8-12-16-22;1-5-21(31-24(28)19-12-8-6-9-13-19)22(27)23-18(3)17(2)16-26(32-23,25(29)30-4)33-20-14-10-7-11-15-20;1-10-12(19)8-17(16(22)23-2,25-11-6-4-3-5-7-11)24-15(10)14(21)13(20)9-18;15-13(11-7-3-1-4-8-11)17-14(16)12-9-5-2-6-10-12/h2*7-16,18-20,23-24H,6,17H2,1-5H3;6-15,17-18,21-23,27H,5,16H2,1-4H3;3-7,10,12-15,18-21H,8-9H2,1-2H3;1-10H/t2*18-,19-,20-,23-,24?,27-;17-,18-,21-,22-,23?,26-;10-,12-,13-,14-,15?,17-;/m1111./s1. The molecule has 4 aliphatic heterocycles. The van der Waals surface area contributed by atoms with Gasteiger partial charge in [-0.1, -0.05) is 294 Å². The van der Waals surface area contributed by atoms with Gasteiger partial charge in [0.05, 0.1) is 93.4 Å². The molecule has 4 fully saturated rings. The maximum absolute atomic E-state index is 13.1. The molecule has 9 aromatic rings. The molecule has 13 rings (SSSR count). The van der Waals surface area contributed by atoms with Gasteiger partial charge in [0.2, 0.25) is 19.7 Å². The third-order valence-corrected chi connectivity index (χ3v) is 31.1. The molecule has 0 radical (unpaired) electrons. The smallest absolute Gasteiger partial charge is 0.349 e. The highest BCUT2D eigenvalue weighted by molar-refractivity contribution is 8.02. The highest BCUT2D eigenvalue weighted by Gasteiger charge is 2.58. The van der Waals surface area contributed by atoms with Crippen molar-refractivity contribution in [1.82, 2.24) is 0 Å². The predicted octanol–water partition coefficient (Wildman–Crippen LogP) is 19.5. The summed E-state index contributed by atoms with van der Waals surface area (Å²) in [6.07, 6.45) is -5.59. The lowest BCUT2D eigenvalue weighted by Crippen LogP contribution is -2.59. The van der Waals surface area contributed by atoms with Gasteiger partial charge in [-0.15, -0.1) is 0 Å². The summed E-state index contributed by atoms with van der Waals surface area (Å²) in [5, 5.41) is 50.9. The van der Waals surface area contributed by atoms with Crippen molar-refractivity contribution in [2.24, 2.45) is 53.3 Å². The quantitative estimate of drug-likeness (QED) is 0.0148. The molecule has 4 saturated heterocycles. The molecule has 5 N–H and O–H groups in total. The van der Waals surface area contributed by atoms with Gasteiger partial charge in [0.1, 0.15) is 36.6 Å². The predicted molar refractivity (Wildman–Crippen MR) is 540 cm³/mol. The lowest BCUT2D eigenvalue weighted by Gasteiger charge is -2.47. The number of carbonyl (C=O) groups is 9. The van der Waals surface area contributed by atoms with Gasteiger partial charge < -0.3 is 82.4 Å². The maximum Gasteiger partial charge on any atom is 0.349 e. The van der Waals surface area contributed by atoms with Crippen LogP contribution < -0.4 is 0 Å². The van der Waals surface area contributed by atoms with Crippen LogP contribution in [0.4, 0.5) is 0 Å². The van der Waals surface area contributed by atoms with E-state index in [1.165, 1.54) is 63.7 Å². The van der Waals surface area contributed by atoms with E-state index in [1.807, 2.05) is 188 Å². The second-order valence-electron chi connectivity index (χ2n) is 35.7. The lowest BCUT2D eigenvalue weighted by atomic mass is 9.77. The molecule has 0 amide bonds. The highest BCUT2D eigenvalue weighted by atomic mass is 32.2. The van der Waals surface area contributed by atoms with Gasteiger partial charge in [0, 0.05) is 63.0 Å². The Morgan fingerprint density at radius 3 is 0.787 bits per heavy atom. The Kier molecular flexibility index (Phi) is 44.8. The zero-order valence-electron chi connectivity index (χ0n) is 82.6. The van der Waals surface area contributed by atoms with Crippen LogP contribution in [0.5, 0.6) is 0 Å². The number of hydrogen-bond donors (Lipinski definition) is 5. The number of benzene rings is 9. The molecule has 4 aliphatic rings. The fourth-order valence-electron chi connectivity index (χ4n) is 17.4. The Morgan fingerprint density at radius 2 is 0.539 bits per heavy atom. The van der Waals surface area contributed by atoms with Crippen molar-refractivity contribution in [3.05, 3.63) is 301 Å². The molecule has 0 bridgehead atoms. The molecule has 0 aliphatic carbocycles. The number of aliphatic hydroxyl groups is 5. The zero-order valence-corrected chi connectivity index (χ0v) is 85.9. The molecule has 0 saturated carbocycles. The molecule has 0 aromatic heterocycles. The number of esters is 9. The SMILES string of the molecule is CC[C@@H](OC(=O)c1ccccc1)[C@@H](C)C1O[C@](Sc2ccccc2)(C(=O)OC)C[C@@H](C)[C@H]1C.CC[C@@H](OC(=O)c1ccccc1)[C@@H](C)C1O[C@](Sc2ccccc2)(C(=O)OC)C[C@@H](C)[C@H]1C.CC[C@@H](OC(=O)c1ccccc1)[C@@H](O)C1O[C@](Sc2ccccc2)(C(=O)OC)C[C@@H](C)[C@H]1C.COC(=O)[C@]1(Sc2ccccc2)C[C@@H](O)[C@@H](C)C([C@H](O)[C@H](O)CO)O1.O=C(OC(=O)c1ccccc1)c1ccccc1. The summed E-state index contributed by atoms with van der Waals surface area (Å²) in [5.74, 6) is -4.44. The molecular weight excluding hydrogens is 1880 g/mol. The number of hydrogen-bond acceptors (Lipinski definition) is 30. The molecule has 141 heavy (non-hydrogen) atoms. The minimum atomic E-state index is -1.57. The maximum atomic E-state index is 13.1. The van der Waals surface area contributed by atoms with E-state index in [0.29, 0.717) is 66.3 Å². The van der Waals surface area contributed by atoms with Gasteiger partial charge in [-0.3, -0.25) is 0 Å². The van der Waals surface area contributed by atoms with Crippen LogP contribution >= 0.6 is 47.0 Å². The van der Waals surface area contributed by atoms with E-state index in [4.69, 9.17) is 61.9 Å². The summed E-state index contributed by atoms with van der Waals surface area (Å²) in [4.78, 5) is 111. The Balaban J connectivity index is 0.000000200. The number of methoxy groups -OCH3 is 4. The van der Waals surface area contributed by atoms with E-state index in [0.717, 1.165) is 31.3 Å². The molecule has 0 spiro atoms. The molecule has 4 heterocycles. The first kappa shape index (κ1) is 114.